The van der Waals surface area contributed by atoms with Crippen LogP contribution in [0.25, 0.3) is 11.5 Å². The molecule has 1 aliphatic heterocycles. The van der Waals surface area contributed by atoms with E-state index in [2.05, 4.69) is 17.1 Å². The van der Waals surface area contributed by atoms with Crippen molar-refractivity contribution in [2.24, 2.45) is 0 Å². The average molecular weight is 400 g/mol. The van der Waals surface area contributed by atoms with Gasteiger partial charge >= 0.3 is 0 Å². The second kappa shape index (κ2) is 7.36. The highest BCUT2D eigenvalue weighted by Gasteiger charge is 2.42. The van der Waals surface area contributed by atoms with E-state index in [-0.39, 0.29) is 17.1 Å². The molecule has 2 heterocycles. The molecule has 5 nitrogen and oxygen atoms in total. The molecule has 0 spiro atoms. The van der Waals surface area contributed by atoms with Crippen molar-refractivity contribution >= 4 is 17.5 Å². The van der Waals surface area contributed by atoms with Crippen LogP contribution in [-0.2, 0) is 16.6 Å². The minimum Gasteiger partial charge on any atom is -0.421 e. The molecule has 3 aromatic rings. The number of hydrogen-bond acceptors (Lipinski definition) is 4. The summed E-state index contributed by atoms with van der Waals surface area (Å²) >= 11 is 5.88. The third kappa shape index (κ3) is 3.78. The van der Waals surface area contributed by atoms with Gasteiger partial charge in [0.2, 0.25) is 17.7 Å². The van der Waals surface area contributed by atoms with E-state index in [9.17, 15) is 9.18 Å². The van der Waals surface area contributed by atoms with Crippen molar-refractivity contribution in [2.45, 2.75) is 25.2 Å². The minimum absolute atomic E-state index is 0.0471. The van der Waals surface area contributed by atoms with E-state index in [4.69, 9.17) is 16.0 Å². The largest absolute Gasteiger partial charge is 0.421 e. The number of benzene rings is 2. The second-order valence-electron chi connectivity index (χ2n) is 7.33. The van der Waals surface area contributed by atoms with Gasteiger partial charge in [0.05, 0.1) is 0 Å². The molecule has 0 N–H and O–H groups in total. The first-order valence-corrected chi connectivity index (χ1v) is 9.43. The number of aromatic nitrogens is 2. The first-order valence-electron chi connectivity index (χ1n) is 9.05. The molecule has 7 heteroatoms. The van der Waals surface area contributed by atoms with Crippen LogP contribution in [0.1, 0.15) is 24.8 Å². The van der Waals surface area contributed by atoms with Gasteiger partial charge in [-0.05, 0) is 42.0 Å². The van der Waals surface area contributed by atoms with Crippen LogP contribution in [0.3, 0.4) is 0 Å². The number of likely N-dealkylation sites (tertiary alicyclic amines) is 1. The summed E-state index contributed by atoms with van der Waals surface area (Å²) in [4.78, 5) is 14.3. The molecule has 0 aliphatic carbocycles. The lowest BCUT2D eigenvalue weighted by molar-refractivity contribution is -0.138. The van der Waals surface area contributed by atoms with Crippen LogP contribution >= 0.6 is 11.6 Å². The first kappa shape index (κ1) is 18.6. The molecule has 0 atom stereocenters. The Morgan fingerprint density at radius 3 is 2.50 bits per heavy atom. The lowest BCUT2D eigenvalue weighted by Gasteiger charge is -2.48. The van der Waals surface area contributed by atoms with Gasteiger partial charge in [-0.1, -0.05) is 30.7 Å². The Morgan fingerprint density at radius 2 is 1.82 bits per heavy atom. The number of rotatable bonds is 5. The van der Waals surface area contributed by atoms with Gasteiger partial charge in [0.15, 0.2) is 0 Å². The van der Waals surface area contributed by atoms with Crippen molar-refractivity contribution in [2.75, 3.05) is 13.1 Å². The molecule has 1 amide bonds. The zero-order valence-electron chi connectivity index (χ0n) is 15.4. The fraction of sp³-hybridized carbons (Fsp3) is 0.286. The highest BCUT2D eigenvalue weighted by molar-refractivity contribution is 6.30. The number of amides is 1. The number of carbonyl (C=O) groups is 1. The van der Waals surface area contributed by atoms with Gasteiger partial charge in [-0.3, -0.25) is 4.79 Å². The number of carbonyl (C=O) groups excluding carboxylic acids is 1. The molecule has 0 radical (unpaired) electrons. The average Bonchev–Trinajstić information content (AvgIpc) is 3.14. The van der Waals surface area contributed by atoms with Crippen LogP contribution in [-0.4, -0.2) is 34.1 Å². The van der Waals surface area contributed by atoms with E-state index in [0.717, 1.165) is 11.1 Å². The van der Waals surface area contributed by atoms with E-state index in [0.29, 0.717) is 42.7 Å². The lowest BCUT2D eigenvalue weighted by atomic mass is 9.75. The quantitative estimate of drug-likeness (QED) is 0.643. The van der Waals surface area contributed by atoms with E-state index in [1.54, 1.807) is 41.3 Å². The van der Waals surface area contributed by atoms with Crippen LogP contribution in [0.2, 0.25) is 5.02 Å². The smallest absolute Gasteiger partial charge is 0.247 e. The number of halogens is 2. The van der Waals surface area contributed by atoms with Gasteiger partial charge in [-0.15, -0.1) is 10.2 Å². The SMILES string of the molecule is CC1(c2ccc(F)cc2)CN(C(=O)CCc2nnc(-c3ccc(Cl)cc3)o2)C1. The molecule has 1 saturated heterocycles. The molecule has 28 heavy (non-hydrogen) atoms. The highest BCUT2D eigenvalue weighted by Crippen LogP contribution is 2.34. The van der Waals surface area contributed by atoms with Gasteiger partial charge in [0.25, 0.3) is 0 Å². The number of nitrogens with zero attached hydrogens (tertiary/aromatic N) is 3. The molecular formula is C21H19ClFN3O2. The predicted octanol–water partition coefficient (Wildman–Crippen LogP) is 4.26. The summed E-state index contributed by atoms with van der Waals surface area (Å²) in [7, 11) is 0. The van der Waals surface area contributed by atoms with Crippen LogP contribution < -0.4 is 0 Å². The van der Waals surface area contributed by atoms with Crippen molar-refractivity contribution in [1.29, 1.82) is 0 Å². The maximum atomic E-state index is 13.1. The fourth-order valence-corrected chi connectivity index (χ4v) is 3.57. The van der Waals surface area contributed by atoms with Crippen molar-refractivity contribution < 1.29 is 13.6 Å². The van der Waals surface area contributed by atoms with Gasteiger partial charge < -0.3 is 9.32 Å². The third-order valence-electron chi connectivity index (χ3n) is 5.08. The molecule has 2 aromatic carbocycles. The molecular weight excluding hydrogens is 381 g/mol. The summed E-state index contributed by atoms with van der Waals surface area (Å²) in [5, 5.41) is 8.68. The maximum absolute atomic E-state index is 13.1. The summed E-state index contributed by atoms with van der Waals surface area (Å²) in [5.41, 5.74) is 1.70. The van der Waals surface area contributed by atoms with Gasteiger partial charge in [-0.25, -0.2) is 4.39 Å². The monoisotopic (exact) mass is 399 g/mol. The van der Waals surface area contributed by atoms with Gasteiger partial charge in [-0.2, -0.15) is 0 Å². The summed E-state index contributed by atoms with van der Waals surface area (Å²) in [6, 6.07) is 13.6. The Morgan fingerprint density at radius 1 is 1.14 bits per heavy atom. The zero-order valence-corrected chi connectivity index (χ0v) is 16.1. The van der Waals surface area contributed by atoms with Gasteiger partial charge in [0, 0.05) is 41.9 Å². The predicted molar refractivity (Wildman–Crippen MR) is 103 cm³/mol. The first-order chi connectivity index (χ1) is 13.4. The standard InChI is InChI=1S/C21H19ClFN3O2/c1-21(15-4-8-17(23)9-5-15)12-26(13-21)19(27)11-10-18-24-25-20(28-18)14-2-6-16(22)7-3-14/h2-9H,10-13H2,1H3. The van der Waals surface area contributed by atoms with Crippen LogP contribution in [0.15, 0.2) is 52.9 Å². The van der Waals surface area contributed by atoms with Crippen molar-refractivity contribution in [3.05, 3.63) is 70.8 Å². The van der Waals surface area contributed by atoms with Crippen LogP contribution in [0.5, 0.6) is 0 Å². The maximum Gasteiger partial charge on any atom is 0.247 e. The molecule has 1 aliphatic rings. The molecule has 0 unspecified atom stereocenters. The Labute approximate surface area is 167 Å². The minimum atomic E-state index is -0.253. The molecule has 0 bridgehead atoms. The summed E-state index contributed by atoms with van der Waals surface area (Å²) in [6.07, 6.45) is 0.699. The summed E-state index contributed by atoms with van der Waals surface area (Å²) in [5.74, 6) is 0.634. The molecule has 1 fully saturated rings. The number of aryl methyl sites for hydroxylation is 1. The molecule has 1 aromatic heterocycles. The lowest BCUT2D eigenvalue weighted by Crippen LogP contribution is -2.59. The van der Waals surface area contributed by atoms with Crippen LogP contribution in [0.4, 0.5) is 4.39 Å². The van der Waals surface area contributed by atoms with Crippen molar-refractivity contribution in [1.82, 2.24) is 15.1 Å². The van der Waals surface area contributed by atoms with Crippen molar-refractivity contribution in [3.8, 4) is 11.5 Å². The molecule has 144 valence electrons. The molecule has 4 rings (SSSR count). The highest BCUT2D eigenvalue weighted by atomic mass is 35.5. The Hall–Kier alpha value is -2.73. The van der Waals surface area contributed by atoms with E-state index in [1.807, 2.05) is 0 Å². The zero-order chi connectivity index (χ0) is 19.7. The Balaban J connectivity index is 1.31. The Bertz CT molecular complexity index is 980. The number of hydrogen-bond donors (Lipinski definition) is 0. The third-order valence-corrected chi connectivity index (χ3v) is 5.34. The second-order valence-corrected chi connectivity index (χ2v) is 7.76. The fourth-order valence-electron chi connectivity index (χ4n) is 3.44. The van der Waals surface area contributed by atoms with Crippen LogP contribution in [0, 0.1) is 5.82 Å². The van der Waals surface area contributed by atoms with E-state index < -0.39 is 0 Å². The van der Waals surface area contributed by atoms with E-state index in [1.165, 1.54) is 12.1 Å². The normalized spacial score (nSPS) is 15.3. The summed E-state index contributed by atoms with van der Waals surface area (Å²) < 4.78 is 18.7. The topological polar surface area (TPSA) is 59.2 Å². The van der Waals surface area contributed by atoms with Crippen molar-refractivity contribution in [3.63, 3.8) is 0 Å². The Kier molecular flexibility index (Phi) is 4.89. The van der Waals surface area contributed by atoms with E-state index >= 15 is 0 Å². The van der Waals surface area contributed by atoms with Gasteiger partial charge in [0.1, 0.15) is 5.82 Å². The summed E-state index contributed by atoms with van der Waals surface area (Å²) in [6.45, 7) is 3.33. The molecule has 0 saturated carbocycles.